The Morgan fingerprint density at radius 2 is 2.35 bits per heavy atom. The van der Waals surface area contributed by atoms with Crippen LogP contribution in [0.4, 0.5) is 5.88 Å². The second-order valence-corrected chi connectivity index (χ2v) is 3.81. The minimum Gasteiger partial charge on any atom is -0.395 e. The quantitative estimate of drug-likeness (QED) is 0.623. The summed E-state index contributed by atoms with van der Waals surface area (Å²) >= 11 is 0. The molecule has 1 aromatic rings. The fourth-order valence-corrected chi connectivity index (χ4v) is 1.45. The van der Waals surface area contributed by atoms with Crippen LogP contribution in [0.1, 0.15) is 23.4 Å². The fourth-order valence-electron chi connectivity index (χ4n) is 1.45. The van der Waals surface area contributed by atoms with Gasteiger partial charge in [0, 0.05) is 0 Å². The van der Waals surface area contributed by atoms with Crippen molar-refractivity contribution >= 4 is 11.8 Å². The third kappa shape index (κ3) is 2.42. The Bertz CT molecular complexity index is 498. The number of hydrogen-bond acceptors (Lipinski definition) is 5. The summed E-state index contributed by atoms with van der Waals surface area (Å²) in [5.41, 5.74) is 0. The molecule has 1 aliphatic rings. The smallest absolute Gasteiger partial charge is 0.395 e. The van der Waals surface area contributed by atoms with Crippen LogP contribution in [0.2, 0.25) is 0 Å². The van der Waals surface area contributed by atoms with Crippen LogP contribution in [0.5, 0.6) is 0 Å². The van der Waals surface area contributed by atoms with Gasteiger partial charge in [-0.2, -0.15) is 5.26 Å². The molecule has 88 valence electrons. The molecule has 1 saturated carbocycles. The molecule has 2 rings (SSSR count). The van der Waals surface area contributed by atoms with Crippen LogP contribution in [0.25, 0.3) is 0 Å². The first-order chi connectivity index (χ1) is 8.11. The van der Waals surface area contributed by atoms with Gasteiger partial charge in [0.2, 0.25) is 0 Å². The molecule has 17 heavy (non-hydrogen) atoms. The summed E-state index contributed by atoms with van der Waals surface area (Å²) in [6.07, 6.45) is 1.83. The van der Waals surface area contributed by atoms with E-state index in [4.69, 9.17) is 9.68 Å². The molecule has 0 bridgehead atoms. The minimum atomic E-state index is -0.723. The largest absolute Gasteiger partial charge is 0.433 e. The number of rotatable bonds is 4. The van der Waals surface area contributed by atoms with E-state index in [-0.39, 0.29) is 11.7 Å². The number of nitrogens with one attached hydrogen (secondary N) is 1. The fraction of sp³-hybridized carbons (Fsp3) is 0.400. The van der Waals surface area contributed by atoms with Gasteiger partial charge in [0.1, 0.15) is 11.0 Å². The van der Waals surface area contributed by atoms with Crippen molar-refractivity contribution in [3.05, 3.63) is 28.0 Å². The molecule has 0 radical (unpaired) electrons. The summed E-state index contributed by atoms with van der Waals surface area (Å²) in [4.78, 5) is 21.2. The van der Waals surface area contributed by atoms with E-state index in [9.17, 15) is 14.9 Å². The lowest BCUT2D eigenvalue weighted by Crippen LogP contribution is -2.35. The second kappa shape index (κ2) is 4.25. The zero-order valence-electron chi connectivity index (χ0n) is 8.75. The highest BCUT2D eigenvalue weighted by molar-refractivity contribution is 5.92. The van der Waals surface area contributed by atoms with Crippen LogP contribution in [0.3, 0.4) is 0 Å². The molecule has 0 spiro atoms. The van der Waals surface area contributed by atoms with Crippen molar-refractivity contribution in [2.75, 3.05) is 0 Å². The number of carbonyl (C=O) groups excluding carboxylic acids is 1. The van der Waals surface area contributed by atoms with Crippen LogP contribution in [0.15, 0.2) is 16.5 Å². The highest BCUT2D eigenvalue weighted by atomic mass is 16.6. The van der Waals surface area contributed by atoms with Gasteiger partial charge in [-0.05, 0) is 24.8 Å². The number of amides is 1. The number of nitriles is 1. The van der Waals surface area contributed by atoms with E-state index < -0.39 is 22.8 Å². The number of carbonyl (C=O) groups is 1. The van der Waals surface area contributed by atoms with E-state index in [1.807, 2.05) is 6.07 Å². The summed E-state index contributed by atoms with van der Waals surface area (Å²) < 4.78 is 4.73. The van der Waals surface area contributed by atoms with E-state index in [2.05, 4.69) is 5.32 Å². The molecule has 1 N–H and O–H groups in total. The molecule has 1 amide bonds. The maximum atomic E-state index is 11.6. The predicted octanol–water partition coefficient (Wildman–Crippen LogP) is 1.22. The van der Waals surface area contributed by atoms with E-state index >= 15 is 0 Å². The first kappa shape index (κ1) is 11.1. The van der Waals surface area contributed by atoms with Gasteiger partial charge in [0.25, 0.3) is 5.91 Å². The van der Waals surface area contributed by atoms with Gasteiger partial charge in [-0.3, -0.25) is 14.9 Å². The summed E-state index contributed by atoms with van der Waals surface area (Å²) in [6, 6.07) is 3.76. The Morgan fingerprint density at radius 1 is 1.65 bits per heavy atom. The summed E-state index contributed by atoms with van der Waals surface area (Å²) in [5.74, 6) is -1.06. The molecule has 1 atom stereocenters. The highest BCUT2D eigenvalue weighted by Gasteiger charge is 2.33. The van der Waals surface area contributed by atoms with Gasteiger partial charge >= 0.3 is 5.88 Å². The third-order valence-electron chi connectivity index (χ3n) is 2.51. The average molecular weight is 235 g/mol. The predicted molar refractivity (Wildman–Crippen MR) is 55.0 cm³/mol. The molecule has 7 heteroatoms. The first-order valence-electron chi connectivity index (χ1n) is 5.06. The van der Waals surface area contributed by atoms with Crippen molar-refractivity contribution in [2.45, 2.75) is 18.9 Å². The Labute approximate surface area is 96.2 Å². The van der Waals surface area contributed by atoms with Crippen LogP contribution < -0.4 is 5.32 Å². The van der Waals surface area contributed by atoms with Gasteiger partial charge in [-0.1, -0.05) is 0 Å². The van der Waals surface area contributed by atoms with Crippen molar-refractivity contribution in [3.63, 3.8) is 0 Å². The standard InChI is InChI=1S/C10H9N3O4/c11-5-7(6-1-2-6)12-10(14)8-3-4-9(17-8)13(15)16/h3-4,6-7H,1-2H2,(H,12,14). The minimum absolute atomic E-state index is 0.155. The first-order valence-corrected chi connectivity index (χ1v) is 5.06. The molecule has 1 aromatic heterocycles. The third-order valence-corrected chi connectivity index (χ3v) is 2.51. The molecular formula is C10H9N3O4. The monoisotopic (exact) mass is 235 g/mol. The van der Waals surface area contributed by atoms with E-state index in [1.54, 1.807) is 0 Å². The SMILES string of the molecule is N#CC(NC(=O)c1ccc([N+](=O)[O-])o1)C1CC1. The van der Waals surface area contributed by atoms with Gasteiger partial charge in [0.05, 0.1) is 12.1 Å². The van der Waals surface area contributed by atoms with E-state index in [0.717, 1.165) is 18.9 Å². The molecule has 0 aliphatic heterocycles. The summed E-state index contributed by atoms with van der Waals surface area (Å²) in [6.45, 7) is 0. The molecular weight excluding hydrogens is 226 g/mol. The van der Waals surface area contributed by atoms with Gasteiger partial charge in [0.15, 0.2) is 5.76 Å². The number of nitro groups is 1. The van der Waals surface area contributed by atoms with Crippen LogP contribution in [0, 0.1) is 27.4 Å². The van der Waals surface area contributed by atoms with Gasteiger partial charge in [-0.25, -0.2) is 0 Å². The Hall–Kier alpha value is -2.36. The molecule has 1 unspecified atom stereocenters. The average Bonchev–Trinajstić information content (AvgIpc) is 3.01. The summed E-state index contributed by atoms with van der Waals surface area (Å²) in [5, 5.41) is 21.7. The second-order valence-electron chi connectivity index (χ2n) is 3.81. The van der Waals surface area contributed by atoms with Crippen LogP contribution in [-0.2, 0) is 0 Å². The molecule has 1 aliphatic carbocycles. The van der Waals surface area contributed by atoms with Gasteiger partial charge in [-0.15, -0.1) is 0 Å². The molecule has 7 nitrogen and oxygen atoms in total. The Balaban J connectivity index is 2.03. The highest BCUT2D eigenvalue weighted by Crippen LogP contribution is 2.32. The lowest BCUT2D eigenvalue weighted by Gasteiger charge is -2.07. The Kier molecular flexibility index (Phi) is 2.78. The van der Waals surface area contributed by atoms with Crippen molar-refractivity contribution in [2.24, 2.45) is 5.92 Å². The normalized spacial score (nSPS) is 15.9. The zero-order chi connectivity index (χ0) is 12.4. The van der Waals surface area contributed by atoms with Crippen molar-refractivity contribution in [1.29, 1.82) is 5.26 Å². The van der Waals surface area contributed by atoms with Crippen molar-refractivity contribution < 1.29 is 14.1 Å². The molecule has 1 heterocycles. The van der Waals surface area contributed by atoms with E-state index in [1.165, 1.54) is 6.07 Å². The van der Waals surface area contributed by atoms with E-state index in [0.29, 0.717) is 0 Å². The van der Waals surface area contributed by atoms with Crippen molar-refractivity contribution in [3.8, 4) is 6.07 Å². The lowest BCUT2D eigenvalue weighted by atomic mass is 10.2. The lowest BCUT2D eigenvalue weighted by molar-refractivity contribution is -0.402. The van der Waals surface area contributed by atoms with Crippen LogP contribution >= 0.6 is 0 Å². The molecule has 1 fully saturated rings. The van der Waals surface area contributed by atoms with Crippen LogP contribution in [-0.4, -0.2) is 16.9 Å². The summed E-state index contributed by atoms with van der Waals surface area (Å²) in [7, 11) is 0. The maximum absolute atomic E-state index is 11.6. The molecule has 0 aromatic carbocycles. The maximum Gasteiger partial charge on any atom is 0.433 e. The topological polar surface area (TPSA) is 109 Å². The number of nitrogens with zero attached hydrogens (tertiary/aromatic N) is 2. The van der Waals surface area contributed by atoms with Crippen molar-refractivity contribution in [1.82, 2.24) is 5.32 Å². The number of furan rings is 1. The van der Waals surface area contributed by atoms with Gasteiger partial charge < -0.3 is 9.73 Å². The number of hydrogen-bond donors (Lipinski definition) is 1. The zero-order valence-corrected chi connectivity index (χ0v) is 8.75. The Morgan fingerprint density at radius 3 is 2.82 bits per heavy atom. The molecule has 0 saturated heterocycles.